The maximum atomic E-state index is 9.46. The second-order valence-electron chi connectivity index (χ2n) is 3.99. The molecule has 0 aromatic heterocycles. The summed E-state index contributed by atoms with van der Waals surface area (Å²) in [6.07, 6.45) is 3.79. The summed E-state index contributed by atoms with van der Waals surface area (Å²) in [5.74, 6) is 1.23. The summed E-state index contributed by atoms with van der Waals surface area (Å²) in [6, 6.07) is 0. The normalized spacial score (nSPS) is 50.7. The lowest BCUT2D eigenvalue weighted by Gasteiger charge is -2.29. The van der Waals surface area contributed by atoms with Gasteiger partial charge in [0.25, 0.3) is 0 Å². The molecule has 4 atom stereocenters. The lowest BCUT2D eigenvalue weighted by molar-refractivity contribution is 0.0505. The molecule has 1 saturated heterocycles. The number of aliphatic hydroxyl groups is 1. The van der Waals surface area contributed by atoms with Crippen molar-refractivity contribution in [1.29, 1.82) is 0 Å². The number of aliphatic hydroxyl groups excluding tert-OH is 1. The van der Waals surface area contributed by atoms with Crippen molar-refractivity contribution >= 4 is 0 Å². The SMILES string of the molecule is CC1CC(C2CO2)CCC1O. The average molecular weight is 156 g/mol. The number of epoxide rings is 1. The van der Waals surface area contributed by atoms with Crippen LogP contribution in [-0.2, 0) is 4.74 Å². The molecule has 2 heteroatoms. The van der Waals surface area contributed by atoms with Crippen molar-refractivity contribution in [1.82, 2.24) is 0 Å². The first kappa shape index (κ1) is 7.56. The fraction of sp³-hybridized carbons (Fsp3) is 1.00. The predicted octanol–water partition coefficient (Wildman–Crippen LogP) is 1.18. The summed E-state index contributed by atoms with van der Waals surface area (Å²) in [6.45, 7) is 3.10. The van der Waals surface area contributed by atoms with E-state index >= 15 is 0 Å². The average Bonchev–Trinajstić information content (AvgIpc) is 2.77. The Balaban J connectivity index is 1.86. The van der Waals surface area contributed by atoms with Crippen molar-refractivity contribution < 1.29 is 9.84 Å². The Labute approximate surface area is 67.6 Å². The van der Waals surface area contributed by atoms with Crippen molar-refractivity contribution in [3.63, 3.8) is 0 Å². The van der Waals surface area contributed by atoms with Gasteiger partial charge in [0.2, 0.25) is 0 Å². The number of rotatable bonds is 1. The fourth-order valence-electron chi connectivity index (χ4n) is 2.09. The largest absolute Gasteiger partial charge is 0.393 e. The Morgan fingerprint density at radius 3 is 2.64 bits per heavy atom. The topological polar surface area (TPSA) is 32.8 Å². The molecule has 2 aliphatic rings. The predicted molar refractivity (Wildman–Crippen MR) is 42.3 cm³/mol. The molecule has 0 aromatic rings. The molecule has 0 spiro atoms. The minimum atomic E-state index is -0.0509. The highest BCUT2D eigenvalue weighted by Gasteiger charge is 2.37. The number of hydrogen-bond donors (Lipinski definition) is 1. The van der Waals surface area contributed by atoms with E-state index in [-0.39, 0.29) is 6.10 Å². The summed E-state index contributed by atoms with van der Waals surface area (Å²) in [7, 11) is 0. The first-order valence-corrected chi connectivity index (χ1v) is 4.57. The van der Waals surface area contributed by atoms with Crippen LogP contribution in [0.15, 0.2) is 0 Å². The molecule has 2 rings (SSSR count). The highest BCUT2D eigenvalue weighted by atomic mass is 16.6. The van der Waals surface area contributed by atoms with Crippen LogP contribution in [-0.4, -0.2) is 23.9 Å². The van der Waals surface area contributed by atoms with Crippen molar-refractivity contribution in [3.05, 3.63) is 0 Å². The van der Waals surface area contributed by atoms with Gasteiger partial charge in [-0.1, -0.05) is 6.92 Å². The zero-order chi connectivity index (χ0) is 7.84. The van der Waals surface area contributed by atoms with Crippen LogP contribution in [0, 0.1) is 11.8 Å². The lowest BCUT2D eigenvalue weighted by atomic mass is 9.79. The third-order valence-electron chi connectivity index (χ3n) is 3.05. The molecule has 64 valence electrons. The van der Waals surface area contributed by atoms with Gasteiger partial charge in [-0.15, -0.1) is 0 Å². The van der Waals surface area contributed by atoms with Crippen LogP contribution in [0.4, 0.5) is 0 Å². The van der Waals surface area contributed by atoms with Gasteiger partial charge in [-0.05, 0) is 31.1 Å². The molecule has 11 heavy (non-hydrogen) atoms. The molecule has 1 N–H and O–H groups in total. The summed E-state index contributed by atoms with van der Waals surface area (Å²) in [5, 5.41) is 9.46. The Morgan fingerprint density at radius 2 is 2.09 bits per heavy atom. The van der Waals surface area contributed by atoms with Gasteiger partial charge >= 0.3 is 0 Å². The molecule has 2 nitrogen and oxygen atoms in total. The van der Waals surface area contributed by atoms with Gasteiger partial charge in [0.15, 0.2) is 0 Å². The quantitative estimate of drug-likeness (QED) is 0.578. The van der Waals surface area contributed by atoms with E-state index in [2.05, 4.69) is 6.92 Å². The Hall–Kier alpha value is -0.0800. The van der Waals surface area contributed by atoms with Crippen LogP contribution < -0.4 is 0 Å². The molecule has 0 aromatic carbocycles. The van der Waals surface area contributed by atoms with Crippen molar-refractivity contribution in [2.24, 2.45) is 11.8 Å². The smallest absolute Gasteiger partial charge is 0.0838 e. The summed E-state index contributed by atoms with van der Waals surface area (Å²) < 4.78 is 5.25. The second-order valence-corrected chi connectivity index (χ2v) is 3.99. The molecule has 1 heterocycles. The fourth-order valence-corrected chi connectivity index (χ4v) is 2.09. The Bertz CT molecular complexity index is 142. The molecule has 0 bridgehead atoms. The Kier molecular flexibility index (Phi) is 1.90. The molecule has 2 fully saturated rings. The molecular formula is C9H16O2. The van der Waals surface area contributed by atoms with E-state index in [4.69, 9.17) is 4.74 Å². The van der Waals surface area contributed by atoms with Crippen molar-refractivity contribution in [2.75, 3.05) is 6.61 Å². The summed E-state index contributed by atoms with van der Waals surface area (Å²) >= 11 is 0. The van der Waals surface area contributed by atoms with E-state index in [9.17, 15) is 5.11 Å². The van der Waals surface area contributed by atoms with Gasteiger partial charge in [0, 0.05) is 0 Å². The van der Waals surface area contributed by atoms with Gasteiger partial charge in [0.05, 0.1) is 18.8 Å². The second kappa shape index (κ2) is 2.76. The third-order valence-corrected chi connectivity index (χ3v) is 3.05. The maximum Gasteiger partial charge on any atom is 0.0838 e. The monoisotopic (exact) mass is 156 g/mol. The molecule has 1 aliphatic heterocycles. The van der Waals surface area contributed by atoms with Crippen molar-refractivity contribution in [3.8, 4) is 0 Å². The van der Waals surface area contributed by atoms with Gasteiger partial charge in [-0.3, -0.25) is 0 Å². The van der Waals surface area contributed by atoms with Crippen LogP contribution in [0.5, 0.6) is 0 Å². The summed E-state index contributed by atoms with van der Waals surface area (Å²) in [5.41, 5.74) is 0. The summed E-state index contributed by atoms with van der Waals surface area (Å²) in [4.78, 5) is 0. The zero-order valence-corrected chi connectivity index (χ0v) is 6.99. The Morgan fingerprint density at radius 1 is 1.36 bits per heavy atom. The molecule has 1 saturated carbocycles. The highest BCUT2D eigenvalue weighted by Crippen LogP contribution is 2.36. The van der Waals surface area contributed by atoms with Gasteiger partial charge in [-0.25, -0.2) is 0 Å². The minimum Gasteiger partial charge on any atom is -0.393 e. The van der Waals surface area contributed by atoms with E-state index in [0.717, 1.165) is 31.8 Å². The first-order valence-electron chi connectivity index (χ1n) is 4.57. The number of ether oxygens (including phenoxy) is 1. The van der Waals surface area contributed by atoms with E-state index in [0.29, 0.717) is 12.0 Å². The third kappa shape index (κ3) is 1.57. The maximum absolute atomic E-state index is 9.46. The molecule has 4 unspecified atom stereocenters. The molecule has 0 amide bonds. The van der Waals surface area contributed by atoms with Gasteiger partial charge in [-0.2, -0.15) is 0 Å². The van der Waals surface area contributed by atoms with E-state index in [1.165, 1.54) is 0 Å². The first-order chi connectivity index (χ1) is 5.27. The molecular weight excluding hydrogens is 140 g/mol. The van der Waals surface area contributed by atoms with Gasteiger partial charge in [0.1, 0.15) is 0 Å². The van der Waals surface area contributed by atoms with Crippen LogP contribution in [0.3, 0.4) is 0 Å². The van der Waals surface area contributed by atoms with Crippen LogP contribution in [0.1, 0.15) is 26.2 Å². The minimum absolute atomic E-state index is 0.0509. The standard InChI is InChI=1S/C9H16O2/c1-6-4-7(9-5-11-9)2-3-8(6)10/h6-10H,2-5H2,1H3. The van der Waals surface area contributed by atoms with E-state index in [1.54, 1.807) is 0 Å². The van der Waals surface area contributed by atoms with Crippen LogP contribution >= 0.6 is 0 Å². The van der Waals surface area contributed by atoms with Gasteiger partial charge < -0.3 is 9.84 Å². The molecule has 0 radical (unpaired) electrons. The van der Waals surface area contributed by atoms with E-state index in [1.807, 2.05) is 0 Å². The van der Waals surface area contributed by atoms with E-state index < -0.39 is 0 Å². The van der Waals surface area contributed by atoms with Crippen molar-refractivity contribution in [2.45, 2.75) is 38.4 Å². The lowest BCUT2D eigenvalue weighted by Crippen LogP contribution is -2.29. The zero-order valence-electron chi connectivity index (χ0n) is 6.99. The van der Waals surface area contributed by atoms with Crippen LogP contribution in [0.25, 0.3) is 0 Å². The highest BCUT2D eigenvalue weighted by molar-refractivity contribution is 4.86. The molecule has 1 aliphatic carbocycles. The number of hydrogen-bond acceptors (Lipinski definition) is 2. The van der Waals surface area contributed by atoms with Crippen LogP contribution in [0.2, 0.25) is 0 Å².